The Balaban J connectivity index is 0.000000444. The zero-order valence-corrected chi connectivity index (χ0v) is 27.0. The van der Waals surface area contributed by atoms with Gasteiger partial charge in [0.2, 0.25) is 5.91 Å². The third kappa shape index (κ3) is 11.4. The van der Waals surface area contributed by atoms with Crippen LogP contribution in [0.4, 0.5) is 26.3 Å². The molecule has 1 aromatic heterocycles. The Morgan fingerprint density at radius 1 is 0.938 bits per heavy atom. The molecule has 9 nitrogen and oxygen atoms in total. The van der Waals surface area contributed by atoms with Gasteiger partial charge < -0.3 is 25.6 Å². The molecule has 1 aliphatic rings. The summed E-state index contributed by atoms with van der Waals surface area (Å²) in [5.41, 5.74) is 2.87. The highest BCUT2D eigenvalue weighted by atomic mass is 32.1. The number of hydrogen-bond donors (Lipinski definition) is 4. The lowest BCUT2D eigenvalue weighted by molar-refractivity contribution is -0.193. The number of nitrogens with zero attached hydrogens (tertiary/aromatic N) is 1. The van der Waals surface area contributed by atoms with E-state index in [9.17, 15) is 50.6 Å². The van der Waals surface area contributed by atoms with Crippen LogP contribution in [0, 0.1) is 0 Å². The Bertz CT molecular complexity index is 1540. The smallest absolute Gasteiger partial charge is 0.458 e. The molecule has 0 aliphatic heterocycles. The number of aromatic nitrogens is 1. The van der Waals surface area contributed by atoms with Crippen molar-refractivity contribution in [1.29, 1.82) is 0 Å². The van der Waals surface area contributed by atoms with E-state index in [0.29, 0.717) is 37.0 Å². The standard InChI is InChI=1S/C28H38N4O3S.C4F6O2/c1-20(21-7-3-2-4-8-21)19-30-16-14-25(34)32(23-9-5-6-10-23)18-17-29-15-13-22-11-12-24(33)26-27(22)36-28(35)31-26;5-3(6,7)1(11)2(12)4(8,9)10/h2-4,7-8,11-12,20,23,29-30,33H,5-6,9-10,13-19H2,1H3,(H,31,35);/t20-;/m1./s1. The number of amides is 1. The molecule has 2 aromatic carbocycles. The molecule has 1 aliphatic carbocycles. The minimum Gasteiger partial charge on any atom is -0.506 e. The number of phenolic OH excluding ortho intramolecular Hbond substituents is 1. The molecule has 0 bridgehead atoms. The number of ketones is 2. The fourth-order valence-corrected chi connectivity index (χ4v) is 6.26. The molecular formula is C32H38F6N4O5S. The molecule has 1 heterocycles. The van der Waals surface area contributed by atoms with Gasteiger partial charge in [0.25, 0.3) is 0 Å². The van der Waals surface area contributed by atoms with Crippen molar-refractivity contribution in [2.24, 2.45) is 0 Å². The van der Waals surface area contributed by atoms with Gasteiger partial charge in [-0.25, -0.2) is 0 Å². The van der Waals surface area contributed by atoms with E-state index in [1.54, 1.807) is 6.07 Å². The van der Waals surface area contributed by atoms with Gasteiger partial charge in [-0.1, -0.05) is 67.5 Å². The summed E-state index contributed by atoms with van der Waals surface area (Å²) in [4.78, 5) is 48.7. The first-order valence-corrected chi connectivity index (χ1v) is 16.2. The molecule has 0 spiro atoms. The average molecular weight is 705 g/mol. The number of H-pyrrole nitrogens is 1. The van der Waals surface area contributed by atoms with Crippen molar-refractivity contribution in [3.8, 4) is 5.75 Å². The summed E-state index contributed by atoms with van der Waals surface area (Å²) in [6, 6.07) is 14.3. The zero-order valence-electron chi connectivity index (χ0n) is 26.2. The van der Waals surface area contributed by atoms with Crippen molar-refractivity contribution in [3.05, 3.63) is 63.3 Å². The summed E-state index contributed by atoms with van der Waals surface area (Å²) in [5.74, 6) is -6.06. The molecule has 264 valence electrons. The van der Waals surface area contributed by atoms with Gasteiger partial charge in [0.15, 0.2) is 0 Å². The van der Waals surface area contributed by atoms with Crippen LogP contribution in [-0.4, -0.2) is 83.6 Å². The summed E-state index contributed by atoms with van der Waals surface area (Å²) in [7, 11) is 0. The maximum absolute atomic E-state index is 13.1. The topological polar surface area (TPSA) is 132 Å². The molecule has 0 unspecified atom stereocenters. The number of Topliss-reactive ketones (excluding diaryl/α,β-unsaturated/α-hetero) is 2. The van der Waals surface area contributed by atoms with Crippen molar-refractivity contribution in [2.75, 3.05) is 32.7 Å². The van der Waals surface area contributed by atoms with Crippen LogP contribution in [-0.2, 0) is 20.8 Å². The van der Waals surface area contributed by atoms with E-state index >= 15 is 0 Å². The van der Waals surface area contributed by atoms with Gasteiger partial charge in [-0.2, -0.15) is 26.3 Å². The maximum Gasteiger partial charge on any atom is 0.458 e. The molecular weight excluding hydrogens is 666 g/mol. The quantitative estimate of drug-likeness (QED) is 0.103. The zero-order chi connectivity index (χ0) is 35.5. The van der Waals surface area contributed by atoms with Gasteiger partial charge in [0, 0.05) is 38.6 Å². The average Bonchev–Trinajstić information content (AvgIpc) is 3.71. The first-order chi connectivity index (χ1) is 22.6. The minimum absolute atomic E-state index is 0.106. The first-order valence-electron chi connectivity index (χ1n) is 15.4. The number of carbonyl (C=O) groups excluding carboxylic acids is 3. The maximum atomic E-state index is 13.1. The number of nitrogens with one attached hydrogen (secondary N) is 3. The second-order valence-corrected chi connectivity index (χ2v) is 12.4. The van der Waals surface area contributed by atoms with Crippen LogP contribution in [0.2, 0.25) is 0 Å². The molecule has 16 heteroatoms. The van der Waals surface area contributed by atoms with E-state index in [1.165, 1.54) is 18.4 Å². The fourth-order valence-electron chi connectivity index (χ4n) is 5.36. The van der Waals surface area contributed by atoms with Gasteiger partial charge >= 0.3 is 28.8 Å². The summed E-state index contributed by atoms with van der Waals surface area (Å²) < 4.78 is 67.8. The fraction of sp³-hybridized carbons (Fsp3) is 0.500. The minimum atomic E-state index is -5.77. The predicted molar refractivity (Wildman–Crippen MR) is 169 cm³/mol. The molecule has 1 atom stereocenters. The number of carbonyl (C=O) groups is 3. The third-order valence-corrected chi connectivity index (χ3v) is 8.84. The third-order valence-electron chi connectivity index (χ3n) is 7.88. The molecule has 1 fully saturated rings. The molecule has 0 saturated heterocycles. The molecule has 1 amide bonds. The molecule has 1 saturated carbocycles. The Morgan fingerprint density at radius 2 is 1.56 bits per heavy atom. The lowest BCUT2D eigenvalue weighted by atomic mass is 10.0. The number of aromatic hydroxyl groups is 1. The van der Waals surface area contributed by atoms with Gasteiger partial charge in [-0.05, 0) is 48.9 Å². The van der Waals surface area contributed by atoms with E-state index in [0.717, 1.165) is 60.5 Å². The molecule has 4 N–H and O–H groups in total. The number of halogens is 6. The number of fused-ring (bicyclic) bond motifs is 1. The lowest BCUT2D eigenvalue weighted by Gasteiger charge is -2.29. The Morgan fingerprint density at radius 3 is 2.17 bits per heavy atom. The normalized spacial score (nSPS) is 14.4. The van der Waals surface area contributed by atoms with E-state index in [1.807, 2.05) is 12.1 Å². The first kappa shape index (κ1) is 38.7. The van der Waals surface area contributed by atoms with Crippen LogP contribution in [0.5, 0.6) is 5.75 Å². The Hall–Kier alpha value is -3.76. The van der Waals surface area contributed by atoms with Crippen LogP contribution in [0.15, 0.2) is 47.3 Å². The largest absolute Gasteiger partial charge is 0.506 e. The van der Waals surface area contributed by atoms with Gasteiger partial charge in [-0.3, -0.25) is 19.2 Å². The van der Waals surface area contributed by atoms with Crippen molar-refractivity contribution >= 4 is 39.0 Å². The van der Waals surface area contributed by atoms with Crippen LogP contribution in [0.25, 0.3) is 10.2 Å². The van der Waals surface area contributed by atoms with Crippen LogP contribution < -0.4 is 15.5 Å². The predicted octanol–water partition coefficient (Wildman–Crippen LogP) is 5.23. The van der Waals surface area contributed by atoms with Crippen LogP contribution >= 0.6 is 11.3 Å². The van der Waals surface area contributed by atoms with E-state index in [2.05, 4.69) is 51.7 Å². The van der Waals surface area contributed by atoms with Gasteiger partial charge in [-0.15, -0.1) is 0 Å². The summed E-state index contributed by atoms with van der Waals surface area (Å²) >= 11 is 1.13. The number of aromatic amines is 1. The van der Waals surface area contributed by atoms with Gasteiger partial charge in [0.1, 0.15) is 11.3 Å². The number of hydrogen-bond acceptors (Lipinski definition) is 8. The number of alkyl halides is 6. The Labute approximate surface area is 276 Å². The molecule has 0 radical (unpaired) electrons. The number of rotatable bonds is 14. The van der Waals surface area contributed by atoms with Crippen molar-refractivity contribution in [2.45, 2.75) is 69.8 Å². The second kappa shape index (κ2) is 17.6. The number of phenols is 1. The molecule has 48 heavy (non-hydrogen) atoms. The monoisotopic (exact) mass is 704 g/mol. The summed E-state index contributed by atoms with van der Waals surface area (Å²) in [6.45, 7) is 5.97. The second-order valence-electron chi connectivity index (χ2n) is 11.4. The van der Waals surface area contributed by atoms with Crippen LogP contribution in [0.3, 0.4) is 0 Å². The SMILES string of the molecule is C[C@H](CNCCC(=O)N(CCNCCc1ccc(O)c2[nH]c(=O)sc12)C1CCCC1)c1ccccc1.O=C(C(=O)C(F)(F)F)C(F)(F)F. The molecule has 3 aromatic rings. The highest BCUT2D eigenvalue weighted by Gasteiger charge is 2.54. The van der Waals surface area contributed by atoms with Crippen molar-refractivity contribution in [3.63, 3.8) is 0 Å². The highest BCUT2D eigenvalue weighted by molar-refractivity contribution is 7.16. The number of benzene rings is 2. The van der Waals surface area contributed by atoms with E-state index in [4.69, 9.17) is 0 Å². The van der Waals surface area contributed by atoms with Crippen molar-refractivity contribution in [1.82, 2.24) is 20.5 Å². The van der Waals surface area contributed by atoms with E-state index in [-0.39, 0.29) is 16.5 Å². The summed E-state index contributed by atoms with van der Waals surface area (Å²) in [6.07, 6.45) is -5.67. The van der Waals surface area contributed by atoms with Crippen molar-refractivity contribution < 1.29 is 45.8 Å². The van der Waals surface area contributed by atoms with Crippen LogP contribution in [0.1, 0.15) is 56.1 Å². The van der Waals surface area contributed by atoms with E-state index < -0.39 is 23.9 Å². The molecule has 4 rings (SSSR count). The lowest BCUT2D eigenvalue weighted by Crippen LogP contribution is -2.44. The number of thiazole rings is 1. The van der Waals surface area contributed by atoms with Gasteiger partial charge in [0.05, 0.1) is 4.70 Å². The summed E-state index contributed by atoms with van der Waals surface area (Å²) in [5, 5.41) is 16.9. The highest BCUT2D eigenvalue weighted by Crippen LogP contribution is 2.28. The Kier molecular flexibility index (Phi) is 14.2.